The number of hydrogen-bond donors (Lipinski definition) is 2. The number of benzene rings is 1. The summed E-state index contributed by atoms with van der Waals surface area (Å²) in [6, 6.07) is 6.62. The summed E-state index contributed by atoms with van der Waals surface area (Å²) in [7, 11) is 0. The Morgan fingerprint density at radius 2 is 1.83 bits per heavy atom. The highest BCUT2D eigenvalue weighted by molar-refractivity contribution is 5.95. The van der Waals surface area contributed by atoms with Crippen molar-refractivity contribution in [2.45, 2.75) is 44.9 Å². The van der Waals surface area contributed by atoms with Gasteiger partial charge in [0.15, 0.2) is 0 Å². The van der Waals surface area contributed by atoms with Crippen molar-refractivity contribution in [3.05, 3.63) is 39.9 Å². The number of carbonyl (C=O) groups is 2. The maximum atomic E-state index is 10.9. The molecule has 0 aliphatic heterocycles. The summed E-state index contributed by atoms with van der Waals surface area (Å²) >= 11 is 0. The Morgan fingerprint density at radius 3 is 2.43 bits per heavy atom. The van der Waals surface area contributed by atoms with Crippen LogP contribution in [0.15, 0.2) is 24.3 Å². The summed E-state index contributed by atoms with van der Waals surface area (Å²) in [5.74, 6) is -3.05. The molecule has 0 saturated heterocycles. The molecule has 0 aliphatic carbocycles. The van der Waals surface area contributed by atoms with Crippen molar-refractivity contribution < 1.29 is 19.6 Å². The molecular weight excluding hydrogens is 300 g/mol. The van der Waals surface area contributed by atoms with E-state index in [4.69, 9.17) is 10.8 Å². The van der Waals surface area contributed by atoms with Crippen LogP contribution in [0.1, 0.15) is 44.1 Å². The Balaban J connectivity index is 2.18. The lowest BCUT2D eigenvalue weighted by atomic mass is 9.99. The number of aliphatic carboxylic acids is 1. The molecule has 0 saturated carbocycles. The fourth-order valence-electron chi connectivity index (χ4n) is 2.42. The predicted molar refractivity (Wildman–Crippen MR) is 84.8 cm³/mol. The number of nitrogens with two attached hydrogens (primary N) is 1. The van der Waals surface area contributed by atoms with E-state index in [0.717, 1.165) is 37.7 Å². The Labute approximate surface area is 134 Å². The van der Waals surface area contributed by atoms with E-state index in [1.807, 2.05) is 6.07 Å². The molecule has 0 heterocycles. The topological polar surface area (TPSA) is 124 Å². The first kappa shape index (κ1) is 18.6. The van der Waals surface area contributed by atoms with Crippen LogP contribution < -0.4 is 5.73 Å². The number of rotatable bonds is 11. The van der Waals surface area contributed by atoms with Crippen molar-refractivity contribution in [3.8, 4) is 0 Å². The summed E-state index contributed by atoms with van der Waals surface area (Å²) in [4.78, 5) is 32.0. The van der Waals surface area contributed by atoms with Crippen LogP contribution in [-0.2, 0) is 16.0 Å². The quantitative estimate of drug-likeness (QED) is 0.280. The molecule has 0 fully saturated rings. The molecule has 1 atom stereocenters. The monoisotopic (exact) mass is 322 g/mol. The third-order valence-electron chi connectivity index (χ3n) is 3.72. The summed E-state index contributed by atoms with van der Waals surface area (Å²) in [6.07, 6.45) is 5.34. The van der Waals surface area contributed by atoms with E-state index >= 15 is 0 Å². The second kappa shape index (κ2) is 9.55. The molecule has 7 heteroatoms. The van der Waals surface area contributed by atoms with Gasteiger partial charge in [0.2, 0.25) is 5.91 Å². The van der Waals surface area contributed by atoms with Crippen LogP contribution in [0, 0.1) is 16.0 Å². The molecule has 23 heavy (non-hydrogen) atoms. The average molecular weight is 322 g/mol. The number of unbranched alkanes of at least 4 members (excludes halogenated alkanes) is 4. The number of primary amides is 1. The number of amides is 1. The van der Waals surface area contributed by atoms with Crippen LogP contribution >= 0.6 is 0 Å². The number of carbonyl (C=O) groups excluding carboxylic acids is 1. The normalized spacial score (nSPS) is 11.8. The number of aryl methyl sites for hydroxylation is 1. The lowest BCUT2D eigenvalue weighted by molar-refractivity contribution is -0.384. The van der Waals surface area contributed by atoms with Crippen molar-refractivity contribution in [1.82, 2.24) is 0 Å². The van der Waals surface area contributed by atoms with Gasteiger partial charge in [0.05, 0.1) is 4.92 Å². The molecule has 1 aromatic rings. The number of non-ortho nitro benzene ring substituents is 1. The van der Waals surface area contributed by atoms with Crippen molar-refractivity contribution >= 4 is 17.6 Å². The van der Waals surface area contributed by atoms with Gasteiger partial charge < -0.3 is 10.8 Å². The molecule has 0 aromatic heterocycles. The minimum Gasteiger partial charge on any atom is -0.481 e. The van der Waals surface area contributed by atoms with Crippen LogP contribution in [0.4, 0.5) is 5.69 Å². The maximum absolute atomic E-state index is 10.9. The van der Waals surface area contributed by atoms with E-state index in [0.29, 0.717) is 6.42 Å². The van der Waals surface area contributed by atoms with Crippen molar-refractivity contribution in [2.24, 2.45) is 11.7 Å². The van der Waals surface area contributed by atoms with Gasteiger partial charge in [-0.3, -0.25) is 19.7 Å². The molecule has 1 rings (SSSR count). The van der Waals surface area contributed by atoms with E-state index in [2.05, 4.69) is 0 Å². The molecule has 1 aromatic carbocycles. The van der Waals surface area contributed by atoms with E-state index in [1.165, 1.54) is 6.07 Å². The second-order valence-corrected chi connectivity index (χ2v) is 5.53. The predicted octanol–water partition coefficient (Wildman–Crippen LogP) is 2.66. The first-order chi connectivity index (χ1) is 10.9. The lowest BCUT2D eigenvalue weighted by Crippen LogP contribution is -2.30. The van der Waals surface area contributed by atoms with Gasteiger partial charge in [-0.1, -0.05) is 37.8 Å². The van der Waals surface area contributed by atoms with Crippen LogP contribution in [0.3, 0.4) is 0 Å². The van der Waals surface area contributed by atoms with Crippen LogP contribution in [0.5, 0.6) is 0 Å². The SMILES string of the molecule is NC(=O)C(CCCCCCCc1cccc([N+](=O)[O-])c1)C(=O)O. The van der Waals surface area contributed by atoms with Gasteiger partial charge in [0, 0.05) is 12.1 Å². The number of hydrogen-bond acceptors (Lipinski definition) is 4. The largest absolute Gasteiger partial charge is 0.481 e. The molecule has 1 amide bonds. The van der Waals surface area contributed by atoms with E-state index in [-0.39, 0.29) is 12.1 Å². The zero-order chi connectivity index (χ0) is 17.2. The first-order valence-electron chi connectivity index (χ1n) is 7.67. The third-order valence-corrected chi connectivity index (χ3v) is 3.72. The zero-order valence-corrected chi connectivity index (χ0v) is 12.9. The molecule has 0 spiro atoms. The van der Waals surface area contributed by atoms with Gasteiger partial charge in [-0.25, -0.2) is 0 Å². The minimum atomic E-state index is -1.16. The molecule has 3 N–H and O–H groups in total. The van der Waals surface area contributed by atoms with Gasteiger partial charge in [0.25, 0.3) is 5.69 Å². The van der Waals surface area contributed by atoms with E-state index < -0.39 is 22.7 Å². The summed E-state index contributed by atoms with van der Waals surface area (Å²) in [5, 5.41) is 19.5. The van der Waals surface area contributed by atoms with Crippen molar-refractivity contribution in [3.63, 3.8) is 0 Å². The molecular formula is C16H22N2O5. The molecule has 7 nitrogen and oxygen atoms in total. The van der Waals surface area contributed by atoms with Gasteiger partial charge >= 0.3 is 5.97 Å². The molecule has 0 radical (unpaired) electrons. The van der Waals surface area contributed by atoms with Crippen LogP contribution in [-0.4, -0.2) is 21.9 Å². The lowest BCUT2D eigenvalue weighted by Gasteiger charge is -2.07. The molecule has 126 valence electrons. The number of carboxylic acid groups (broad SMARTS) is 1. The zero-order valence-electron chi connectivity index (χ0n) is 12.9. The van der Waals surface area contributed by atoms with Crippen LogP contribution in [0.2, 0.25) is 0 Å². The second-order valence-electron chi connectivity index (χ2n) is 5.53. The maximum Gasteiger partial charge on any atom is 0.316 e. The Kier molecular flexibility index (Phi) is 7.73. The van der Waals surface area contributed by atoms with E-state index in [1.54, 1.807) is 12.1 Å². The van der Waals surface area contributed by atoms with Crippen molar-refractivity contribution in [2.75, 3.05) is 0 Å². The third kappa shape index (κ3) is 6.90. The van der Waals surface area contributed by atoms with Gasteiger partial charge in [-0.15, -0.1) is 0 Å². The average Bonchev–Trinajstić information content (AvgIpc) is 2.49. The Morgan fingerprint density at radius 1 is 1.17 bits per heavy atom. The Hall–Kier alpha value is -2.44. The fraction of sp³-hybridized carbons (Fsp3) is 0.500. The minimum absolute atomic E-state index is 0.105. The van der Waals surface area contributed by atoms with Crippen molar-refractivity contribution in [1.29, 1.82) is 0 Å². The summed E-state index contributed by atoms with van der Waals surface area (Å²) in [6.45, 7) is 0. The molecule has 0 aliphatic rings. The van der Waals surface area contributed by atoms with E-state index in [9.17, 15) is 19.7 Å². The standard InChI is InChI=1S/C16H22N2O5/c17-15(19)14(16(20)21)10-5-3-1-2-4-7-12-8-6-9-13(11-12)18(22)23/h6,8-9,11,14H,1-5,7,10H2,(H2,17,19)(H,20,21). The van der Waals surface area contributed by atoms with Gasteiger partial charge in [0.1, 0.15) is 5.92 Å². The number of nitro benzene ring substituents is 1. The van der Waals surface area contributed by atoms with Gasteiger partial charge in [-0.05, 0) is 24.8 Å². The summed E-state index contributed by atoms with van der Waals surface area (Å²) in [5.41, 5.74) is 6.08. The highest BCUT2D eigenvalue weighted by atomic mass is 16.6. The smallest absolute Gasteiger partial charge is 0.316 e. The van der Waals surface area contributed by atoms with Crippen LogP contribution in [0.25, 0.3) is 0 Å². The fourth-order valence-corrected chi connectivity index (χ4v) is 2.42. The first-order valence-corrected chi connectivity index (χ1v) is 7.67. The number of nitrogens with zero attached hydrogens (tertiary/aromatic N) is 1. The Bertz CT molecular complexity index is 545. The summed E-state index contributed by atoms with van der Waals surface area (Å²) < 4.78 is 0. The number of nitro groups is 1. The molecule has 1 unspecified atom stereocenters. The van der Waals surface area contributed by atoms with Gasteiger partial charge in [-0.2, -0.15) is 0 Å². The highest BCUT2D eigenvalue weighted by Crippen LogP contribution is 2.16. The molecule has 0 bridgehead atoms. The number of carboxylic acids is 1. The highest BCUT2D eigenvalue weighted by Gasteiger charge is 2.22.